The molecule has 0 unspecified atom stereocenters. The lowest BCUT2D eigenvalue weighted by atomic mass is 10.0. The van der Waals surface area contributed by atoms with Crippen molar-refractivity contribution < 1.29 is 18.0 Å². The molecule has 27 heavy (non-hydrogen) atoms. The van der Waals surface area contributed by atoms with Gasteiger partial charge in [-0.1, -0.05) is 13.0 Å². The van der Waals surface area contributed by atoms with Crippen LogP contribution in [-0.4, -0.2) is 74.1 Å². The largest absolute Gasteiger partial charge is 0.342 e. The minimum atomic E-state index is -3.59. The lowest BCUT2D eigenvalue weighted by molar-refractivity contribution is -0.119. The summed E-state index contributed by atoms with van der Waals surface area (Å²) in [5.74, 6) is 0.360. The van der Waals surface area contributed by atoms with Crippen molar-refractivity contribution >= 4 is 22.3 Å². The molecule has 8 heteroatoms. The maximum atomic E-state index is 13.0. The summed E-state index contributed by atoms with van der Waals surface area (Å²) in [5, 5.41) is 0. The predicted octanol–water partition coefficient (Wildman–Crippen LogP) is 1.33. The molecular formula is C19H27N3O4S. The van der Waals surface area contributed by atoms with Crippen molar-refractivity contribution in [3.8, 4) is 0 Å². The van der Waals surface area contributed by atoms with E-state index >= 15 is 0 Å². The van der Waals surface area contributed by atoms with Gasteiger partial charge in [0.25, 0.3) is 5.91 Å². The molecule has 1 aromatic rings. The Kier molecular flexibility index (Phi) is 5.86. The first kappa shape index (κ1) is 19.8. The highest BCUT2D eigenvalue weighted by atomic mass is 32.2. The number of carbonyl (C=O) groups is 2. The average molecular weight is 394 g/mol. The van der Waals surface area contributed by atoms with Crippen molar-refractivity contribution in [2.75, 3.05) is 39.3 Å². The van der Waals surface area contributed by atoms with Gasteiger partial charge in [-0.05, 0) is 43.4 Å². The van der Waals surface area contributed by atoms with Gasteiger partial charge in [0.1, 0.15) is 0 Å². The number of hydrogen-bond acceptors (Lipinski definition) is 4. The van der Waals surface area contributed by atoms with Crippen LogP contribution in [0.25, 0.3) is 0 Å². The summed E-state index contributed by atoms with van der Waals surface area (Å²) >= 11 is 0. The van der Waals surface area contributed by atoms with Crippen LogP contribution in [-0.2, 0) is 14.8 Å². The first-order valence-corrected chi connectivity index (χ1v) is 10.9. The summed E-state index contributed by atoms with van der Waals surface area (Å²) in [4.78, 5) is 27.3. The summed E-state index contributed by atoms with van der Waals surface area (Å²) in [6, 6.07) is 4.80. The topological polar surface area (TPSA) is 78.0 Å². The van der Waals surface area contributed by atoms with Gasteiger partial charge in [0.15, 0.2) is 0 Å². The van der Waals surface area contributed by atoms with E-state index in [-0.39, 0.29) is 10.8 Å². The molecule has 0 N–H and O–H groups in total. The molecule has 2 fully saturated rings. The molecule has 0 atom stereocenters. The number of aryl methyl sites for hydroxylation is 1. The molecule has 2 heterocycles. The van der Waals surface area contributed by atoms with Gasteiger partial charge >= 0.3 is 0 Å². The molecule has 148 valence electrons. The van der Waals surface area contributed by atoms with Crippen LogP contribution in [0.15, 0.2) is 23.1 Å². The number of piperidine rings is 1. The van der Waals surface area contributed by atoms with E-state index in [1.54, 1.807) is 21.9 Å². The molecule has 3 rings (SSSR count). The van der Waals surface area contributed by atoms with Crippen LogP contribution in [0.5, 0.6) is 0 Å². The third-order valence-electron chi connectivity index (χ3n) is 5.57. The SMILES string of the molecule is Cc1ccc(S(=O)(=O)N2CCC(C)CC2)cc1C(=O)N1CCN(C=O)CC1. The Balaban J connectivity index is 1.82. The van der Waals surface area contributed by atoms with Crippen molar-refractivity contribution in [1.29, 1.82) is 0 Å². The van der Waals surface area contributed by atoms with Gasteiger partial charge in [-0.3, -0.25) is 9.59 Å². The predicted molar refractivity (Wildman–Crippen MR) is 102 cm³/mol. The van der Waals surface area contributed by atoms with E-state index in [1.807, 2.05) is 6.92 Å². The Morgan fingerprint density at radius 1 is 1.07 bits per heavy atom. The standard InChI is InChI=1S/C19H27N3O4S/c1-15-5-7-22(8-6-15)27(25,26)17-4-3-16(2)18(13-17)19(24)21-11-9-20(14-23)10-12-21/h3-4,13-15H,5-12H2,1-2H3. The number of nitrogens with zero attached hydrogens (tertiary/aromatic N) is 3. The Morgan fingerprint density at radius 3 is 2.30 bits per heavy atom. The molecule has 0 spiro atoms. The molecule has 0 bridgehead atoms. The fourth-order valence-electron chi connectivity index (χ4n) is 3.57. The van der Waals surface area contributed by atoms with Crippen molar-refractivity contribution in [2.24, 2.45) is 5.92 Å². The first-order chi connectivity index (χ1) is 12.8. The maximum absolute atomic E-state index is 13.0. The summed E-state index contributed by atoms with van der Waals surface area (Å²) in [5.41, 5.74) is 1.17. The quantitative estimate of drug-likeness (QED) is 0.723. The zero-order valence-corrected chi connectivity index (χ0v) is 16.7. The highest BCUT2D eigenvalue weighted by Gasteiger charge is 2.30. The average Bonchev–Trinajstić information content (AvgIpc) is 2.68. The third-order valence-corrected chi connectivity index (χ3v) is 7.47. The van der Waals surface area contributed by atoms with Gasteiger partial charge < -0.3 is 9.80 Å². The van der Waals surface area contributed by atoms with Gasteiger partial charge in [0.2, 0.25) is 16.4 Å². The smallest absolute Gasteiger partial charge is 0.254 e. The highest BCUT2D eigenvalue weighted by molar-refractivity contribution is 7.89. The third kappa shape index (κ3) is 4.16. The van der Waals surface area contributed by atoms with Gasteiger partial charge in [-0.25, -0.2) is 8.42 Å². The number of hydrogen-bond donors (Lipinski definition) is 0. The van der Waals surface area contributed by atoms with Crippen molar-refractivity contribution in [1.82, 2.24) is 14.1 Å². The van der Waals surface area contributed by atoms with Crippen LogP contribution in [0.3, 0.4) is 0 Å². The van der Waals surface area contributed by atoms with Gasteiger partial charge in [-0.2, -0.15) is 4.31 Å². The van der Waals surface area contributed by atoms with Crippen LogP contribution in [0.1, 0.15) is 35.7 Å². The van der Waals surface area contributed by atoms with Gasteiger partial charge in [0.05, 0.1) is 4.90 Å². The van der Waals surface area contributed by atoms with Crippen LogP contribution in [0, 0.1) is 12.8 Å². The number of benzene rings is 1. The molecule has 2 saturated heterocycles. The lowest BCUT2D eigenvalue weighted by Crippen LogP contribution is -2.48. The number of sulfonamides is 1. The van der Waals surface area contributed by atoms with Crippen molar-refractivity contribution in [3.05, 3.63) is 29.3 Å². The van der Waals surface area contributed by atoms with E-state index in [9.17, 15) is 18.0 Å². The van der Waals surface area contributed by atoms with Crippen LogP contribution < -0.4 is 0 Å². The van der Waals surface area contributed by atoms with Crippen LogP contribution >= 0.6 is 0 Å². The van der Waals surface area contributed by atoms with E-state index in [0.717, 1.165) is 24.8 Å². The molecule has 2 amide bonds. The molecule has 1 aromatic carbocycles. The van der Waals surface area contributed by atoms with Gasteiger partial charge in [-0.15, -0.1) is 0 Å². The number of carbonyl (C=O) groups excluding carboxylic acids is 2. The summed E-state index contributed by atoms with van der Waals surface area (Å²) in [7, 11) is -3.59. The summed E-state index contributed by atoms with van der Waals surface area (Å²) < 4.78 is 27.5. The summed E-state index contributed by atoms with van der Waals surface area (Å²) in [6.45, 7) is 6.90. The Labute approximate surface area is 161 Å². The second-order valence-corrected chi connectivity index (χ2v) is 9.43. The molecule has 2 aliphatic heterocycles. The fraction of sp³-hybridized carbons (Fsp3) is 0.579. The normalized spacial score (nSPS) is 19.9. The second-order valence-electron chi connectivity index (χ2n) is 7.50. The van der Waals surface area contributed by atoms with Crippen molar-refractivity contribution in [3.63, 3.8) is 0 Å². The van der Waals surface area contributed by atoms with E-state index in [0.29, 0.717) is 50.7 Å². The maximum Gasteiger partial charge on any atom is 0.254 e. The van der Waals surface area contributed by atoms with Gasteiger partial charge in [0, 0.05) is 44.8 Å². The first-order valence-electron chi connectivity index (χ1n) is 9.42. The van der Waals surface area contributed by atoms with E-state index < -0.39 is 10.0 Å². The monoisotopic (exact) mass is 393 g/mol. The molecule has 0 radical (unpaired) electrons. The van der Waals surface area contributed by atoms with E-state index in [4.69, 9.17) is 0 Å². The minimum Gasteiger partial charge on any atom is -0.342 e. The minimum absolute atomic E-state index is 0.178. The molecule has 2 aliphatic rings. The Morgan fingerprint density at radius 2 is 1.70 bits per heavy atom. The zero-order valence-electron chi connectivity index (χ0n) is 15.9. The lowest BCUT2D eigenvalue weighted by Gasteiger charge is -2.33. The molecule has 7 nitrogen and oxygen atoms in total. The number of rotatable bonds is 4. The summed E-state index contributed by atoms with van der Waals surface area (Å²) in [6.07, 6.45) is 2.51. The molecule has 0 aromatic heterocycles. The number of piperazine rings is 1. The van der Waals surface area contributed by atoms with E-state index in [1.165, 1.54) is 10.4 Å². The molecule has 0 aliphatic carbocycles. The van der Waals surface area contributed by atoms with Crippen LogP contribution in [0.2, 0.25) is 0 Å². The fourth-order valence-corrected chi connectivity index (χ4v) is 5.06. The number of amides is 2. The van der Waals surface area contributed by atoms with Crippen molar-refractivity contribution in [2.45, 2.75) is 31.6 Å². The Bertz CT molecular complexity index is 808. The molecule has 0 saturated carbocycles. The Hall–Kier alpha value is -1.93. The zero-order chi connectivity index (χ0) is 19.6. The molecular weight excluding hydrogens is 366 g/mol. The highest BCUT2D eigenvalue weighted by Crippen LogP contribution is 2.25. The van der Waals surface area contributed by atoms with E-state index in [2.05, 4.69) is 6.92 Å². The van der Waals surface area contributed by atoms with Crippen LogP contribution in [0.4, 0.5) is 0 Å². The second kappa shape index (κ2) is 7.98.